The quantitative estimate of drug-likeness (QED) is 0.808. The molecule has 20 heavy (non-hydrogen) atoms. The van der Waals surface area contributed by atoms with E-state index in [1.54, 1.807) is 0 Å². The summed E-state index contributed by atoms with van der Waals surface area (Å²) >= 11 is 2.13. The molecule has 1 N–H and O–H groups in total. The van der Waals surface area contributed by atoms with E-state index in [0.717, 1.165) is 29.8 Å². The molecule has 3 heteroatoms. The van der Waals surface area contributed by atoms with Gasteiger partial charge >= 0.3 is 0 Å². The zero-order valence-electron chi connectivity index (χ0n) is 13.9. The number of hydrogen-bond acceptors (Lipinski definition) is 3. The molecular formula is C17H34N2S. The summed E-state index contributed by atoms with van der Waals surface area (Å²) in [6, 6.07) is 1.57. The zero-order valence-corrected chi connectivity index (χ0v) is 14.7. The Bertz CT molecular complexity index is 278. The topological polar surface area (TPSA) is 15.3 Å². The summed E-state index contributed by atoms with van der Waals surface area (Å²) in [5, 5.41) is 3.85. The summed E-state index contributed by atoms with van der Waals surface area (Å²) in [4.78, 5) is 2.66. The van der Waals surface area contributed by atoms with Crippen LogP contribution in [0.2, 0.25) is 0 Å². The summed E-state index contributed by atoms with van der Waals surface area (Å²) in [5.41, 5.74) is 0. The lowest BCUT2D eigenvalue weighted by Crippen LogP contribution is -2.50. The zero-order chi connectivity index (χ0) is 14.5. The van der Waals surface area contributed by atoms with Crippen molar-refractivity contribution in [3.63, 3.8) is 0 Å². The van der Waals surface area contributed by atoms with E-state index in [0.29, 0.717) is 0 Å². The van der Waals surface area contributed by atoms with Crippen LogP contribution in [0.1, 0.15) is 46.5 Å². The molecule has 0 amide bonds. The standard InChI is InChI=1S/C17H34N2S/c1-5-7-18-17-10-13(2)9-14(3)16(17)11-19(4)15-6-8-20-12-15/h13-18H,5-12H2,1-4H3. The van der Waals surface area contributed by atoms with Gasteiger partial charge in [-0.25, -0.2) is 0 Å². The smallest absolute Gasteiger partial charge is 0.0191 e. The molecule has 5 atom stereocenters. The number of nitrogens with one attached hydrogen (secondary N) is 1. The van der Waals surface area contributed by atoms with Gasteiger partial charge < -0.3 is 10.2 Å². The molecule has 2 rings (SSSR count). The van der Waals surface area contributed by atoms with E-state index in [1.165, 1.54) is 50.3 Å². The third-order valence-corrected chi connectivity index (χ3v) is 6.51. The molecule has 1 saturated carbocycles. The highest BCUT2D eigenvalue weighted by Gasteiger charge is 2.35. The second-order valence-electron chi connectivity index (χ2n) is 7.24. The molecule has 2 nitrogen and oxygen atoms in total. The van der Waals surface area contributed by atoms with Gasteiger partial charge in [0, 0.05) is 24.4 Å². The Kier molecular flexibility index (Phi) is 6.70. The lowest BCUT2D eigenvalue weighted by Gasteiger charge is -2.43. The van der Waals surface area contributed by atoms with Crippen LogP contribution in [-0.2, 0) is 0 Å². The van der Waals surface area contributed by atoms with Crippen LogP contribution in [0.15, 0.2) is 0 Å². The minimum absolute atomic E-state index is 0.741. The molecule has 0 aromatic carbocycles. The molecule has 118 valence electrons. The van der Waals surface area contributed by atoms with Gasteiger partial charge in [0.05, 0.1) is 0 Å². The van der Waals surface area contributed by atoms with Crippen molar-refractivity contribution in [2.45, 2.75) is 58.5 Å². The van der Waals surface area contributed by atoms with E-state index in [9.17, 15) is 0 Å². The van der Waals surface area contributed by atoms with Crippen molar-refractivity contribution < 1.29 is 0 Å². The first-order valence-corrected chi connectivity index (χ1v) is 9.78. The molecule has 0 spiro atoms. The molecule has 0 bridgehead atoms. The fourth-order valence-corrected chi connectivity index (χ4v) is 5.43. The Morgan fingerprint density at radius 2 is 2.05 bits per heavy atom. The van der Waals surface area contributed by atoms with Gasteiger partial charge in [-0.15, -0.1) is 0 Å². The van der Waals surface area contributed by atoms with Crippen LogP contribution >= 0.6 is 11.8 Å². The Hall–Kier alpha value is 0.270. The van der Waals surface area contributed by atoms with Crippen LogP contribution in [-0.4, -0.2) is 48.6 Å². The second kappa shape index (κ2) is 8.05. The van der Waals surface area contributed by atoms with Crippen LogP contribution in [0.5, 0.6) is 0 Å². The molecule has 1 aliphatic carbocycles. The minimum atomic E-state index is 0.741. The van der Waals surface area contributed by atoms with Crippen LogP contribution in [0, 0.1) is 17.8 Å². The van der Waals surface area contributed by atoms with Gasteiger partial charge in [0.15, 0.2) is 0 Å². The second-order valence-corrected chi connectivity index (χ2v) is 8.39. The fourth-order valence-electron chi connectivity index (χ4n) is 4.13. The van der Waals surface area contributed by atoms with Crippen LogP contribution in [0.3, 0.4) is 0 Å². The van der Waals surface area contributed by atoms with Crippen molar-refractivity contribution in [3.05, 3.63) is 0 Å². The largest absolute Gasteiger partial charge is 0.314 e. The predicted octanol–water partition coefficient (Wildman–Crippen LogP) is 3.47. The predicted molar refractivity (Wildman–Crippen MR) is 91.5 cm³/mol. The van der Waals surface area contributed by atoms with Crippen LogP contribution < -0.4 is 5.32 Å². The maximum atomic E-state index is 3.85. The van der Waals surface area contributed by atoms with Crippen molar-refractivity contribution in [1.29, 1.82) is 0 Å². The summed E-state index contributed by atoms with van der Waals surface area (Å²) in [6.45, 7) is 9.67. The third kappa shape index (κ3) is 4.38. The average Bonchev–Trinajstić information content (AvgIpc) is 2.93. The van der Waals surface area contributed by atoms with E-state index in [-0.39, 0.29) is 0 Å². The SMILES string of the molecule is CCCNC1CC(C)CC(C)C1CN(C)C1CCSC1. The molecule has 2 aliphatic rings. The average molecular weight is 299 g/mol. The number of thioether (sulfide) groups is 1. The van der Waals surface area contributed by atoms with E-state index in [2.05, 4.69) is 49.8 Å². The highest BCUT2D eigenvalue weighted by molar-refractivity contribution is 7.99. The highest BCUT2D eigenvalue weighted by atomic mass is 32.2. The maximum absolute atomic E-state index is 3.85. The van der Waals surface area contributed by atoms with Crippen molar-refractivity contribution in [3.8, 4) is 0 Å². The van der Waals surface area contributed by atoms with Crippen molar-refractivity contribution in [1.82, 2.24) is 10.2 Å². The molecule has 1 aliphatic heterocycles. The first-order chi connectivity index (χ1) is 9.61. The number of nitrogens with zero attached hydrogens (tertiary/aromatic N) is 1. The normalized spacial score (nSPS) is 38.5. The molecule has 0 aromatic heterocycles. The van der Waals surface area contributed by atoms with Gasteiger partial charge in [-0.2, -0.15) is 11.8 Å². The lowest BCUT2D eigenvalue weighted by atomic mass is 9.72. The molecule has 0 radical (unpaired) electrons. The molecule has 2 fully saturated rings. The molecule has 1 heterocycles. The van der Waals surface area contributed by atoms with Gasteiger partial charge in [0.1, 0.15) is 0 Å². The third-order valence-electron chi connectivity index (χ3n) is 5.36. The number of rotatable bonds is 6. The first kappa shape index (κ1) is 16.6. The Morgan fingerprint density at radius 3 is 2.70 bits per heavy atom. The van der Waals surface area contributed by atoms with Gasteiger partial charge in [-0.3, -0.25) is 0 Å². The Labute approximate surface area is 130 Å². The lowest BCUT2D eigenvalue weighted by molar-refractivity contribution is 0.0984. The van der Waals surface area contributed by atoms with Crippen molar-refractivity contribution in [2.75, 3.05) is 31.6 Å². The van der Waals surface area contributed by atoms with Gasteiger partial charge in [-0.05, 0) is 62.8 Å². The van der Waals surface area contributed by atoms with E-state index >= 15 is 0 Å². The first-order valence-electron chi connectivity index (χ1n) is 8.63. The fraction of sp³-hybridized carbons (Fsp3) is 1.00. The minimum Gasteiger partial charge on any atom is -0.314 e. The number of hydrogen-bond donors (Lipinski definition) is 1. The van der Waals surface area contributed by atoms with Gasteiger partial charge in [-0.1, -0.05) is 20.8 Å². The van der Waals surface area contributed by atoms with Crippen LogP contribution in [0.4, 0.5) is 0 Å². The molecule has 1 saturated heterocycles. The van der Waals surface area contributed by atoms with Gasteiger partial charge in [0.25, 0.3) is 0 Å². The molecule has 0 aromatic rings. The van der Waals surface area contributed by atoms with E-state index in [1.807, 2.05) is 0 Å². The Balaban J connectivity index is 1.93. The highest BCUT2D eigenvalue weighted by Crippen LogP contribution is 2.35. The summed E-state index contributed by atoms with van der Waals surface area (Å²) in [6.07, 6.45) is 5.44. The Morgan fingerprint density at radius 1 is 1.25 bits per heavy atom. The van der Waals surface area contributed by atoms with Crippen LogP contribution in [0.25, 0.3) is 0 Å². The summed E-state index contributed by atoms with van der Waals surface area (Å²) in [7, 11) is 2.36. The molecule has 5 unspecified atom stereocenters. The van der Waals surface area contributed by atoms with Crippen molar-refractivity contribution in [2.24, 2.45) is 17.8 Å². The van der Waals surface area contributed by atoms with Gasteiger partial charge in [0.2, 0.25) is 0 Å². The van der Waals surface area contributed by atoms with E-state index < -0.39 is 0 Å². The summed E-state index contributed by atoms with van der Waals surface area (Å²) in [5.74, 6) is 5.31. The van der Waals surface area contributed by atoms with E-state index in [4.69, 9.17) is 0 Å². The van der Waals surface area contributed by atoms with Crippen molar-refractivity contribution >= 4 is 11.8 Å². The summed E-state index contributed by atoms with van der Waals surface area (Å²) < 4.78 is 0. The molecular weight excluding hydrogens is 264 g/mol. The maximum Gasteiger partial charge on any atom is 0.0191 e. The monoisotopic (exact) mass is 298 g/mol.